The number of nitrogens with one attached hydrogen (secondary N) is 1. The van der Waals surface area contributed by atoms with Gasteiger partial charge in [0, 0.05) is 19.0 Å². The van der Waals surface area contributed by atoms with E-state index in [-0.39, 0.29) is 17.3 Å². The Morgan fingerprint density at radius 3 is 2.90 bits per heavy atom. The highest BCUT2D eigenvalue weighted by Crippen LogP contribution is 2.25. The van der Waals surface area contributed by atoms with Gasteiger partial charge in [0.05, 0.1) is 5.69 Å². The van der Waals surface area contributed by atoms with Gasteiger partial charge in [0.15, 0.2) is 0 Å². The number of amides is 2. The number of hydrogen-bond donors (Lipinski definition) is 2. The number of benzene rings is 1. The molecular formula is C14H17FN2O3. The molecule has 1 heterocycles. The lowest BCUT2D eigenvalue weighted by molar-refractivity contribution is -0.135. The van der Waals surface area contributed by atoms with Gasteiger partial charge in [-0.1, -0.05) is 6.92 Å². The molecule has 0 saturated carbocycles. The minimum absolute atomic E-state index is 0.0140. The number of phenolic OH excluding ortho intramolecular Hbond substituents is 1. The van der Waals surface area contributed by atoms with Crippen LogP contribution in [0.2, 0.25) is 0 Å². The number of carbonyl (C=O) groups is 2. The first-order valence-corrected chi connectivity index (χ1v) is 6.61. The van der Waals surface area contributed by atoms with Crippen molar-refractivity contribution in [2.24, 2.45) is 0 Å². The van der Waals surface area contributed by atoms with Crippen molar-refractivity contribution in [3.63, 3.8) is 0 Å². The molecule has 1 aromatic carbocycles. The number of carbonyl (C=O) groups excluding carboxylic acids is 2. The van der Waals surface area contributed by atoms with Gasteiger partial charge in [-0.2, -0.15) is 0 Å². The molecule has 2 rings (SSSR count). The van der Waals surface area contributed by atoms with Crippen LogP contribution in [0, 0.1) is 5.82 Å². The summed E-state index contributed by atoms with van der Waals surface area (Å²) in [6.45, 7) is 2.36. The maximum absolute atomic E-state index is 13.1. The first-order valence-electron chi connectivity index (χ1n) is 6.61. The monoisotopic (exact) mass is 280 g/mol. The lowest BCUT2D eigenvalue weighted by Gasteiger charge is -2.25. The lowest BCUT2D eigenvalue weighted by atomic mass is 10.1. The van der Waals surface area contributed by atoms with E-state index < -0.39 is 17.8 Å². The van der Waals surface area contributed by atoms with Gasteiger partial charge in [-0.15, -0.1) is 0 Å². The Labute approximate surface area is 116 Å². The molecule has 0 radical (unpaired) electrons. The highest BCUT2D eigenvalue weighted by molar-refractivity contribution is 5.98. The van der Waals surface area contributed by atoms with E-state index in [9.17, 15) is 19.1 Å². The van der Waals surface area contributed by atoms with Crippen LogP contribution in [0.3, 0.4) is 0 Å². The van der Waals surface area contributed by atoms with Gasteiger partial charge in [0.2, 0.25) is 11.8 Å². The topological polar surface area (TPSA) is 69.6 Å². The molecular weight excluding hydrogens is 263 g/mol. The van der Waals surface area contributed by atoms with E-state index in [0.717, 1.165) is 18.6 Å². The number of phenols is 1. The standard InChI is InChI=1S/C14H17FN2O3/c1-2-11(17-7-3-4-13(17)19)14(20)16-10-8-9(15)5-6-12(10)18/h5-6,8,11,18H,2-4,7H2,1H3,(H,16,20)/t11-/m1/s1. The summed E-state index contributed by atoms with van der Waals surface area (Å²) in [5.41, 5.74) is 0.0140. The third-order valence-electron chi connectivity index (χ3n) is 3.39. The molecule has 2 amide bonds. The highest BCUT2D eigenvalue weighted by Gasteiger charge is 2.31. The quantitative estimate of drug-likeness (QED) is 0.827. The molecule has 1 aromatic rings. The zero-order valence-corrected chi connectivity index (χ0v) is 11.2. The fourth-order valence-corrected chi connectivity index (χ4v) is 2.37. The Morgan fingerprint density at radius 2 is 2.30 bits per heavy atom. The summed E-state index contributed by atoms with van der Waals surface area (Å²) >= 11 is 0. The maximum Gasteiger partial charge on any atom is 0.247 e. The lowest BCUT2D eigenvalue weighted by Crippen LogP contribution is -2.44. The number of nitrogens with zero attached hydrogens (tertiary/aromatic N) is 1. The van der Waals surface area contributed by atoms with Gasteiger partial charge in [-0.05, 0) is 25.0 Å². The molecule has 1 atom stereocenters. The molecule has 5 nitrogen and oxygen atoms in total. The Kier molecular flexibility index (Phi) is 4.22. The summed E-state index contributed by atoms with van der Waals surface area (Å²) in [7, 11) is 0. The van der Waals surface area contributed by atoms with Crippen LogP contribution in [0.15, 0.2) is 18.2 Å². The summed E-state index contributed by atoms with van der Waals surface area (Å²) in [5.74, 6) is -1.22. The van der Waals surface area contributed by atoms with E-state index in [1.165, 1.54) is 11.0 Å². The number of aromatic hydroxyl groups is 1. The van der Waals surface area contributed by atoms with E-state index in [1.54, 1.807) is 6.92 Å². The zero-order chi connectivity index (χ0) is 14.7. The molecule has 6 heteroatoms. The Hall–Kier alpha value is -2.11. The van der Waals surface area contributed by atoms with Gasteiger partial charge in [-0.3, -0.25) is 9.59 Å². The SMILES string of the molecule is CC[C@H](C(=O)Nc1cc(F)ccc1O)N1CCCC1=O. The van der Waals surface area contributed by atoms with E-state index in [4.69, 9.17) is 0 Å². The second-order valence-electron chi connectivity index (χ2n) is 4.77. The van der Waals surface area contributed by atoms with E-state index >= 15 is 0 Å². The molecule has 1 aliphatic heterocycles. The molecule has 0 bridgehead atoms. The van der Waals surface area contributed by atoms with Crippen molar-refractivity contribution in [3.05, 3.63) is 24.0 Å². The van der Waals surface area contributed by atoms with Crippen molar-refractivity contribution in [1.29, 1.82) is 0 Å². The van der Waals surface area contributed by atoms with E-state index in [0.29, 0.717) is 19.4 Å². The zero-order valence-electron chi connectivity index (χ0n) is 11.2. The summed E-state index contributed by atoms with van der Waals surface area (Å²) in [6.07, 6.45) is 1.66. The first-order chi connectivity index (χ1) is 9.52. The smallest absolute Gasteiger partial charge is 0.247 e. The predicted molar refractivity (Wildman–Crippen MR) is 71.7 cm³/mol. The van der Waals surface area contributed by atoms with E-state index in [2.05, 4.69) is 5.32 Å². The highest BCUT2D eigenvalue weighted by atomic mass is 19.1. The van der Waals surface area contributed by atoms with Crippen LogP contribution in [0.25, 0.3) is 0 Å². The molecule has 1 saturated heterocycles. The molecule has 0 unspecified atom stereocenters. The van der Waals surface area contributed by atoms with Crippen molar-refractivity contribution in [1.82, 2.24) is 4.90 Å². The van der Waals surface area contributed by atoms with Crippen molar-refractivity contribution in [3.8, 4) is 5.75 Å². The molecule has 2 N–H and O–H groups in total. The van der Waals surface area contributed by atoms with Crippen LogP contribution < -0.4 is 5.32 Å². The fourth-order valence-electron chi connectivity index (χ4n) is 2.37. The molecule has 20 heavy (non-hydrogen) atoms. The van der Waals surface area contributed by atoms with Crippen LogP contribution in [0.5, 0.6) is 5.75 Å². The van der Waals surface area contributed by atoms with Crippen LogP contribution in [-0.4, -0.2) is 34.4 Å². The van der Waals surface area contributed by atoms with Crippen molar-refractivity contribution >= 4 is 17.5 Å². The van der Waals surface area contributed by atoms with Crippen LogP contribution >= 0.6 is 0 Å². The van der Waals surface area contributed by atoms with Gasteiger partial charge < -0.3 is 15.3 Å². The van der Waals surface area contributed by atoms with Gasteiger partial charge in [0.25, 0.3) is 0 Å². The van der Waals surface area contributed by atoms with Crippen LogP contribution in [0.1, 0.15) is 26.2 Å². The first kappa shape index (κ1) is 14.3. The third-order valence-corrected chi connectivity index (χ3v) is 3.39. The summed E-state index contributed by atoms with van der Waals surface area (Å²) in [4.78, 5) is 25.4. The minimum atomic E-state index is -0.590. The average Bonchev–Trinajstić information content (AvgIpc) is 2.81. The molecule has 1 fully saturated rings. The van der Waals surface area contributed by atoms with Gasteiger partial charge in [0.1, 0.15) is 17.6 Å². The summed E-state index contributed by atoms with van der Waals surface area (Å²) in [5, 5.41) is 12.1. The molecule has 0 aliphatic carbocycles. The number of halogens is 1. The van der Waals surface area contributed by atoms with Crippen molar-refractivity contribution < 1.29 is 19.1 Å². The van der Waals surface area contributed by atoms with Crippen LogP contribution in [-0.2, 0) is 9.59 Å². The molecule has 108 valence electrons. The average molecular weight is 280 g/mol. The number of anilines is 1. The second kappa shape index (κ2) is 5.90. The van der Waals surface area contributed by atoms with Crippen molar-refractivity contribution in [2.75, 3.05) is 11.9 Å². The second-order valence-corrected chi connectivity index (χ2v) is 4.77. The van der Waals surface area contributed by atoms with Gasteiger partial charge in [-0.25, -0.2) is 4.39 Å². The Bertz CT molecular complexity index is 533. The number of hydrogen-bond acceptors (Lipinski definition) is 3. The predicted octanol–water partition coefficient (Wildman–Crippen LogP) is 1.87. The van der Waals surface area contributed by atoms with Crippen LogP contribution in [0.4, 0.5) is 10.1 Å². The van der Waals surface area contributed by atoms with Gasteiger partial charge >= 0.3 is 0 Å². The van der Waals surface area contributed by atoms with E-state index in [1.807, 2.05) is 0 Å². The summed E-state index contributed by atoms with van der Waals surface area (Å²) in [6, 6.07) is 2.73. The molecule has 1 aliphatic rings. The Morgan fingerprint density at radius 1 is 1.55 bits per heavy atom. The van der Waals surface area contributed by atoms with Crippen molar-refractivity contribution in [2.45, 2.75) is 32.2 Å². The largest absolute Gasteiger partial charge is 0.506 e. The number of rotatable bonds is 4. The normalized spacial score (nSPS) is 16.3. The minimum Gasteiger partial charge on any atom is -0.506 e. The maximum atomic E-state index is 13.1. The molecule has 0 aromatic heterocycles. The Balaban J connectivity index is 2.13. The summed E-state index contributed by atoms with van der Waals surface area (Å²) < 4.78 is 13.1. The number of likely N-dealkylation sites (tertiary alicyclic amines) is 1. The fraction of sp³-hybridized carbons (Fsp3) is 0.429. The molecule has 0 spiro atoms. The third kappa shape index (κ3) is 2.89.